The smallest absolute Gasteiger partial charge is 0.323 e. The van der Waals surface area contributed by atoms with E-state index in [0.717, 1.165) is 25.9 Å². The first kappa shape index (κ1) is 14.5. The van der Waals surface area contributed by atoms with Gasteiger partial charge in [0.2, 0.25) is 11.9 Å². The van der Waals surface area contributed by atoms with Crippen LogP contribution in [0.3, 0.4) is 0 Å². The molecule has 0 bridgehead atoms. The van der Waals surface area contributed by atoms with Crippen molar-refractivity contribution in [3.63, 3.8) is 0 Å². The summed E-state index contributed by atoms with van der Waals surface area (Å²) in [5.74, 6) is 1.22. The first-order valence-corrected chi connectivity index (χ1v) is 6.55. The number of nitrogens with zero attached hydrogens (tertiary/aromatic N) is 4. The van der Waals surface area contributed by atoms with Gasteiger partial charge in [0.05, 0.1) is 6.61 Å². The van der Waals surface area contributed by atoms with Crippen molar-refractivity contribution >= 4 is 11.9 Å². The van der Waals surface area contributed by atoms with Crippen LogP contribution in [0, 0.1) is 0 Å². The fourth-order valence-corrected chi connectivity index (χ4v) is 1.46. The zero-order valence-corrected chi connectivity index (χ0v) is 11.7. The van der Waals surface area contributed by atoms with Crippen molar-refractivity contribution in [2.75, 3.05) is 37.0 Å². The highest BCUT2D eigenvalue weighted by Gasteiger charge is 2.10. The van der Waals surface area contributed by atoms with Crippen molar-refractivity contribution in [3.8, 4) is 6.01 Å². The molecule has 6 heteroatoms. The second-order valence-corrected chi connectivity index (χ2v) is 4.02. The summed E-state index contributed by atoms with van der Waals surface area (Å²) in [6.45, 7) is 8.43. The van der Waals surface area contributed by atoms with E-state index in [1.807, 2.05) is 18.9 Å². The Morgan fingerprint density at radius 3 is 2.50 bits per heavy atom. The van der Waals surface area contributed by atoms with Crippen molar-refractivity contribution in [2.45, 2.75) is 33.6 Å². The fraction of sp³-hybridized carbons (Fsp3) is 0.750. The van der Waals surface area contributed by atoms with Gasteiger partial charge < -0.3 is 15.0 Å². The first-order valence-electron chi connectivity index (χ1n) is 6.55. The molecule has 1 aromatic heterocycles. The summed E-state index contributed by atoms with van der Waals surface area (Å²) in [7, 11) is 1.97. The van der Waals surface area contributed by atoms with E-state index in [1.165, 1.54) is 0 Å². The maximum Gasteiger partial charge on any atom is 0.323 e. The molecule has 0 saturated carbocycles. The molecule has 102 valence electrons. The number of rotatable bonds is 8. The molecule has 0 radical (unpaired) electrons. The minimum Gasteiger partial charge on any atom is -0.464 e. The Kier molecular flexibility index (Phi) is 6.18. The van der Waals surface area contributed by atoms with Gasteiger partial charge in [0, 0.05) is 20.1 Å². The average molecular weight is 253 g/mol. The third kappa shape index (κ3) is 4.35. The van der Waals surface area contributed by atoms with Crippen molar-refractivity contribution in [2.24, 2.45) is 0 Å². The second kappa shape index (κ2) is 7.68. The molecule has 0 saturated heterocycles. The molecule has 0 aliphatic carbocycles. The number of hydrogen-bond donors (Lipinski definition) is 1. The normalized spacial score (nSPS) is 10.2. The van der Waals surface area contributed by atoms with E-state index >= 15 is 0 Å². The van der Waals surface area contributed by atoms with Gasteiger partial charge in [-0.2, -0.15) is 15.0 Å². The third-order valence-corrected chi connectivity index (χ3v) is 2.31. The predicted molar refractivity (Wildman–Crippen MR) is 73.3 cm³/mol. The minimum atomic E-state index is 0.379. The molecular formula is C12H23N5O. The number of hydrogen-bond acceptors (Lipinski definition) is 6. The monoisotopic (exact) mass is 253 g/mol. The number of anilines is 2. The van der Waals surface area contributed by atoms with E-state index in [1.54, 1.807) is 0 Å². The molecular weight excluding hydrogens is 230 g/mol. The van der Waals surface area contributed by atoms with Gasteiger partial charge in [-0.3, -0.25) is 0 Å². The van der Waals surface area contributed by atoms with Crippen LogP contribution in [0.5, 0.6) is 6.01 Å². The van der Waals surface area contributed by atoms with E-state index < -0.39 is 0 Å². The van der Waals surface area contributed by atoms with Gasteiger partial charge in [-0.15, -0.1) is 0 Å². The Morgan fingerprint density at radius 2 is 1.89 bits per heavy atom. The van der Waals surface area contributed by atoms with Crippen molar-refractivity contribution in [3.05, 3.63) is 0 Å². The Bertz CT molecular complexity index is 358. The molecule has 1 aromatic rings. The van der Waals surface area contributed by atoms with Crippen molar-refractivity contribution in [1.29, 1.82) is 0 Å². The maximum atomic E-state index is 5.37. The molecule has 0 spiro atoms. The summed E-state index contributed by atoms with van der Waals surface area (Å²) >= 11 is 0. The Balaban J connectivity index is 2.89. The van der Waals surface area contributed by atoms with E-state index in [9.17, 15) is 0 Å². The van der Waals surface area contributed by atoms with Crippen LogP contribution < -0.4 is 15.0 Å². The zero-order chi connectivity index (χ0) is 13.4. The molecule has 1 rings (SSSR count). The number of aromatic nitrogens is 3. The average Bonchev–Trinajstić information content (AvgIpc) is 2.37. The van der Waals surface area contributed by atoms with Crippen LogP contribution in [-0.4, -0.2) is 41.7 Å². The molecule has 0 aliphatic rings. The van der Waals surface area contributed by atoms with Crippen LogP contribution in [0.1, 0.15) is 33.6 Å². The highest BCUT2D eigenvalue weighted by molar-refractivity contribution is 5.37. The van der Waals surface area contributed by atoms with Gasteiger partial charge in [-0.25, -0.2) is 0 Å². The molecule has 0 aliphatic heterocycles. The summed E-state index contributed by atoms with van der Waals surface area (Å²) in [6, 6.07) is 0.379. The Morgan fingerprint density at radius 1 is 1.11 bits per heavy atom. The van der Waals surface area contributed by atoms with E-state index in [0.29, 0.717) is 24.5 Å². The van der Waals surface area contributed by atoms with Gasteiger partial charge in [0.15, 0.2) is 0 Å². The van der Waals surface area contributed by atoms with Crippen LogP contribution in [0.25, 0.3) is 0 Å². The van der Waals surface area contributed by atoms with E-state index in [4.69, 9.17) is 4.74 Å². The number of ether oxygens (including phenoxy) is 1. The van der Waals surface area contributed by atoms with Crippen molar-refractivity contribution in [1.82, 2.24) is 15.0 Å². The summed E-state index contributed by atoms with van der Waals surface area (Å²) < 4.78 is 5.37. The molecule has 18 heavy (non-hydrogen) atoms. The topological polar surface area (TPSA) is 63.2 Å². The van der Waals surface area contributed by atoms with Gasteiger partial charge >= 0.3 is 6.01 Å². The van der Waals surface area contributed by atoms with Crippen LogP contribution in [0.4, 0.5) is 11.9 Å². The lowest BCUT2D eigenvalue weighted by molar-refractivity contribution is 0.312. The standard InChI is InChI=1S/C12H23N5O/c1-5-8-13-10-14-11(17(4)9-6-2)16-12(15-10)18-7-3/h5-9H2,1-4H3,(H,13,14,15,16). The van der Waals surface area contributed by atoms with Gasteiger partial charge in [-0.1, -0.05) is 13.8 Å². The van der Waals surface area contributed by atoms with Gasteiger partial charge in [0.1, 0.15) is 0 Å². The van der Waals surface area contributed by atoms with Gasteiger partial charge in [0.25, 0.3) is 0 Å². The summed E-state index contributed by atoms with van der Waals surface area (Å²) in [6.07, 6.45) is 2.07. The highest BCUT2D eigenvalue weighted by Crippen LogP contribution is 2.14. The number of nitrogens with one attached hydrogen (secondary N) is 1. The molecule has 0 atom stereocenters. The van der Waals surface area contributed by atoms with E-state index in [2.05, 4.69) is 34.1 Å². The fourth-order valence-electron chi connectivity index (χ4n) is 1.46. The molecule has 6 nitrogen and oxygen atoms in total. The predicted octanol–water partition coefficient (Wildman–Crippen LogP) is 1.94. The van der Waals surface area contributed by atoms with Crippen LogP contribution >= 0.6 is 0 Å². The molecule has 0 amide bonds. The summed E-state index contributed by atoms with van der Waals surface area (Å²) in [5.41, 5.74) is 0. The van der Waals surface area contributed by atoms with E-state index in [-0.39, 0.29) is 0 Å². The summed E-state index contributed by atoms with van der Waals surface area (Å²) in [5, 5.41) is 3.16. The second-order valence-electron chi connectivity index (χ2n) is 4.02. The van der Waals surface area contributed by atoms with Crippen LogP contribution in [0.15, 0.2) is 0 Å². The highest BCUT2D eigenvalue weighted by atomic mass is 16.5. The Labute approximate surface area is 109 Å². The van der Waals surface area contributed by atoms with Crippen molar-refractivity contribution < 1.29 is 4.74 Å². The van der Waals surface area contributed by atoms with Crippen LogP contribution in [-0.2, 0) is 0 Å². The molecule has 0 fully saturated rings. The lowest BCUT2D eigenvalue weighted by atomic mass is 10.4. The minimum absolute atomic E-state index is 0.379. The largest absolute Gasteiger partial charge is 0.464 e. The molecule has 1 heterocycles. The zero-order valence-electron chi connectivity index (χ0n) is 11.7. The quantitative estimate of drug-likeness (QED) is 0.764. The van der Waals surface area contributed by atoms with Gasteiger partial charge in [-0.05, 0) is 19.8 Å². The Hall–Kier alpha value is -1.59. The lowest BCUT2D eigenvalue weighted by Gasteiger charge is -2.17. The maximum absolute atomic E-state index is 5.37. The summed E-state index contributed by atoms with van der Waals surface area (Å²) in [4.78, 5) is 14.9. The SMILES string of the molecule is CCCNc1nc(OCC)nc(N(C)CCC)n1. The molecule has 0 aromatic carbocycles. The van der Waals surface area contributed by atoms with Crippen LogP contribution in [0.2, 0.25) is 0 Å². The lowest BCUT2D eigenvalue weighted by Crippen LogP contribution is -2.22. The first-order chi connectivity index (χ1) is 8.71. The molecule has 0 unspecified atom stereocenters. The molecule has 1 N–H and O–H groups in total. The third-order valence-electron chi connectivity index (χ3n) is 2.31.